The Bertz CT molecular complexity index is 410. The Kier molecular flexibility index (Phi) is 6.05. The molecule has 1 aromatic heterocycles. The van der Waals surface area contributed by atoms with Gasteiger partial charge in [0.1, 0.15) is 6.54 Å². The summed E-state index contributed by atoms with van der Waals surface area (Å²) in [7, 11) is 0. The van der Waals surface area contributed by atoms with Gasteiger partial charge in [0.2, 0.25) is 5.91 Å². The lowest BCUT2D eigenvalue weighted by molar-refractivity contribution is -0.132. The topological polar surface area (TPSA) is 50.2 Å². The molecule has 0 bridgehead atoms. The minimum absolute atomic E-state index is 0.220. The molecule has 1 aromatic rings. The van der Waals surface area contributed by atoms with Crippen LogP contribution >= 0.6 is 0 Å². The maximum atomic E-state index is 12.1. The molecule has 0 saturated carbocycles. The van der Waals surface area contributed by atoms with Crippen LogP contribution in [0, 0.1) is 0 Å². The van der Waals surface area contributed by atoms with E-state index in [1.165, 1.54) is 6.42 Å². The van der Waals surface area contributed by atoms with Crippen molar-refractivity contribution in [3.63, 3.8) is 0 Å². The third kappa shape index (κ3) is 4.63. The molecular formula is C15H26N4O. The molecular weight excluding hydrogens is 252 g/mol. The summed E-state index contributed by atoms with van der Waals surface area (Å²) in [6.07, 6.45) is 9.38. The van der Waals surface area contributed by atoms with Gasteiger partial charge in [-0.25, -0.2) is 4.98 Å². The van der Waals surface area contributed by atoms with Gasteiger partial charge in [-0.3, -0.25) is 4.79 Å². The average Bonchev–Trinajstić information content (AvgIpc) is 2.92. The van der Waals surface area contributed by atoms with E-state index in [-0.39, 0.29) is 5.91 Å². The van der Waals surface area contributed by atoms with E-state index in [4.69, 9.17) is 0 Å². The maximum absolute atomic E-state index is 12.1. The smallest absolute Gasteiger partial charge is 0.242 e. The van der Waals surface area contributed by atoms with Gasteiger partial charge in [0.05, 0.1) is 12.0 Å². The largest absolute Gasteiger partial charge is 0.341 e. The first-order valence-electron chi connectivity index (χ1n) is 7.78. The van der Waals surface area contributed by atoms with Crippen LogP contribution in [-0.2, 0) is 17.8 Å². The van der Waals surface area contributed by atoms with Gasteiger partial charge < -0.3 is 14.8 Å². The summed E-state index contributed by atoms with van der Waals surface area (Å²) >= 11 is 0. The summed E-state index contributed by atoms with van der Waals surface area (Å²) in [5.74, 6) is 0.220. The Balaban J connectivity index is 1.75. The predicted molar refractivity (Wildman–Crippen MR) is 79.5 cm³/mol. The van der Waals surface area contributed by atoms with Crippen LogP contribution in [0.2, 0.25) is 0 Å². The van der Waals surface area contributed by atoms with Crippen molar-refractivity contribution in [2.75, 3.05) is 26.2 Å². The SMILES string of the molecule is CCCNCCc1cn(CC(=O)N2CCCCC2)cn1. The quantitative estimate of drug-likeness (QED) is 0.768. The Morgan fingerprint density at radius 1 is 1.30 bits per heavy atom. The van der Waals surface area contributed by atoms with Crippen molar-refractivity contribution < 1.29 is 4.79 Å². The molecule has 0 aliphatic carbocycles. The van der Waals surface area contributed by atoms with Crippen molar-refractivity contribution in [1.82, 2.24) is 19.8 Å². The van der Waals surface area contributed by atoms with Crippen molar-refractivity contribution >= 4 is 5.91 Å². The summed E-state index contributed by atoms with van der Waals surface area (Å²) in [6.45, 7) is 6.42. The minimum Gasteiger partial charge on any atom is -0.341 e. The third-order valence-corrected chi connectivity index (χ3v) is 3.70. The predicted octanol–water partition coefficient (Wildman–Crippen LogP) is 1.44. The van der Waals surface area contributed by atoms with Crippen LogP contribution in [0.4, 0.5) is 0 Å². The molecule has 1 saturated heterocycles. The van der Waals surface area contributed by atoms with Gasteiger partial charge in [-0.05, 0) is 32.2 Å². The number of rotatable bonds is 7. The molecule has 1 amide bonds. The first-order chi connectivity index (χ1) is 9.79. The number of amides is 1. The lowest BCUT2D eigenvalue weighted by Crippen LogP contribution is -2.37. The average molecular weight is 278 g/mol. The maximum Gasteiger partial charge on any atom is 0.242 e. The van der Waals surface area contributed by atoms with E-state index in [2.05, 4.69) is 17.2 Å². The van der Waals surface area contributed by atoms with Crippen LogP contribution in [0.15, 0.2) is 12.5 Å². The Morgan fingerprint density at radius 2 is 2.10 bits per heavy atom. The lowest BCUT2D eigenvalue weighted by atomic mass is 10.1. The molecule has 20 heavy (non-hydrogen) atoms. The Morgan fingerprint density at radius 3 is 2.85 bits per heavy atom. The molecule has 5 nitrogen and oxygen atoms in total. The van der Waals surface area contributed by atoms with E-state index < -0.39 is 0 Å². The van der Waals surface area contributed by atoms with Gasteiger partial charge in [-0.2, -0.15) is 0 Å². The number of imidazole rings is 1. The van der Waals surface area contributed by atoms with Crippen LogP contribution in [-0.4, -0.2) is 46.5 Å². The van der Waals surface area contributed by atoms with Gasteiger partial charge in [-0.15, -0.1) is 0 Å². The van der Waals surface area contributed by atoms with Crippen LogP contribution in [0.5, 0.6) is 0 Å². The van der Waals surface area contributed by atoms with E-state index in [9.17, 15) is 4.79 Å². The van der Waals surface area contributed by atoms with Gasteiger partial charge in [0.15, 0.2) is 0 Å². The fraction of sp³-hybridized carbons (Fsp3) is 0.733. The molecule has 112 valence electrons. The fourth-order valence-corrected chi connectivity index (χ4v) is 2.54. The van der Waals surface area contributed by atoms with Crippen LogP contribution in [0.25, 0.3) is 0 Å². The monoisotopic (exact) mass is 278 g/mol. The highest BCUT2D eigenvalue weighted by Gasteiger charge is 2.16. The van der Waals surface area contributed by atoms with E-state index in [1.54, 1.807) is 6.33 Å². The number of aromatic nitrogens is 2. The number of likely N-dealkylation sites (tertiary alicyclic amines) is 1. The summed E-state index contributed by atoms with van der Waals surface area (Å²) in [5, 5.41) is 3.36. The lowest BCUT2D eigenvalue weighted by Gasteiger charge is -2.26. The molecule has 1 N–H and O–H groups in total. The second-order valence-electron chi connectivity index (χ2n) is 5.48. The van der Waals surface area contributed by atoms with Crippen molar-refractivity contribution in [2.24, 2.45) is 0 Å². The van der Waals surface area contributed by atoms with Gasteiger partial charge in [0.25, 0.3) is 0 Å². The number of nitrogens with one attached hydrogen (secondary N) is 1. The first kappa shape index (κ1) is 15.0. The number of hydrogen-bond donors (Lipinski definition) is 1. The molecule has 0 atom stereocenters. The Labute approximate surface area is 121 Å². The number of nitrogens with zero attached hydrogens (tertiary/aromatic N) is 3. The highest BCUT2D eigenvalue weighted by Crippen LogP contribution is 2.09. The number of hydrogen-bond acceptors (Lipinski definition) is 3. The molecule has 2 rings (SSSR count). The van der Waals surface area contributed by atoms with Crippen LogP contribution in [0.1, 0.15) is 38.3 Å². The molecule has 1 fully saturated rings. The number of piperidine rings is 1. The second-order valence-corrected chi connectivity index (χ2v) is 5.48. The zero-order valence-corrected chi connectivity index (χ0v) is 12.5. The van der Waals surface area contributed by atoms with Gasteiger partial charge in [-0.1, -0.05) is 6.92 Å². The molecule has 1 aliphatic rings. The van der Waals surface area contributed by atoms with E-state index in [0.29, 0.717) is 6.54 Å². The van der Waals surface area contributed by atoms with E-state index >= 15 is 0 Å². The van der Waals surface area contributed by atoms with E-state index in [1.807, 2.05) is 15.7 Å². The van der Waals surface area contributed by atoms with Crippen molar-refractivity contribution in [2.45, 2.75) is 45.6 Å². The van der Waals surface area contributed by atoms with Crippen LogP contribution in [0.3, 0.4) is 0 Å². The van der Waals surface area contributed by atoms with Crippen molar-refractivity contribution in [3.05, 3.63) is 18.2 Å². The number of carbonyl (C=O) groups excluding carboxylic acids is 1. The van der Waals surface area contributed by atoms with Gasteiger partial charge >= 0.3 is 0 Å². The van der Waals surface area contributed by atoms with Gasteiger partial charge in [0, 0.05) is 32.3 Å². The minimum atomic E-state index is 0.220. The molecule has 0 radical (unpaired) electrons. The highest BCUT2D eigenvalue weighted by molar-refractivity contribution is 5.76. The molecule has 5 heteroatoms. The first-order valence-corrected chi connectivity index (χ1v) is 7.78. The van der Waals surface area contributed by atoms with Crippen molar-refractivity contribution in [3.8, 4) is 0 Å². The summed E-state index contributed by atoms with van der Waals surface area (Å²) in [6, 6.07) is 0. The normalized spacial score (nSPS) is 15.6. The zero-order valence-electron chi connectivity index (χ0n) is 12.5. The molecule has 0 aromatic carbocycles. The molecule has 0 spiro atoms. The summed E-state index contributed by atoms with van der Waals surface area (Å²) in [5.41, 5.74) is 1.06. The Hall–Kier alpha value is -1.36. The van der Waals surface area contributed by atoms with Crippen molar-refractivity contribution in [1.29, 1.82) is 0 Å². The zero-order chi connectivity index (χ0) is 14.2. The second kappa shape index (κ2) is 8.04. The molecule has 1 aliphatic heterocycles. The summed E-state index contributed by atoms with van der Waals surface area (Å²) < 4.78 is 1.91. The molecule has 0 unspecified atom stereocenters. The summed E-state index contributed by atoms with van der Waals surface area (Å²) in [4.78, 5) is 18.5. The third-order valence-electron chi connectivity index (χ3n) is 3.70. The molecule has 2 heterocycles. The van der Waals surface area contributed by atoms with Crippen LogP contribution < -0.4 is 5.32 Å². The highest BCUT2D eigenvalue weighted by atomic mass is 16.2. The number of carbonyl (C=O) groups is 1. The fourth-order valence-electron chi connectivity index (χ4n) is 2.54. The standard InChI is InChI=1S/C15H26N4O/c1-2-7-16-8-6-14-11-18(13-17-14)12-15(20)19-9-4-3-5-10-19/h11,13,16H,2-10,12H2,1H3. The van der Waals surface area contributed by atoms with E-state index in [0.717, 1.165) is 57.6 Å².